The van der Waals surface area contributed by atoms with E-state index >= 15 is 0 Å². The van der Waals surface area contributed by atoms with Crippen LogP contribution in [0.25, 0.3) is 0 Å². The molecular formula is C14H18Cl2N2O3. The van der Waals surface area contributed by atoms with Crippen molar-refractivity contribution in [1.82, 2.24) is 5.32 Å². The largest absolute Gasteiger partial charge is 0.388 e. The highest BCUT2D eigenvalue weighted by atomic mass is 35.5. The third kappa shape index (κ3) is 5.53. The maximum Gasteiger partial charge on any atom is 0.313 e. The van der Waals surface area contributed by atoms with E-state index in [-0.39, 0.29) is 6.54 Å². The van der Waals surface area contributed by atoms with E-state index in [9.17, 15) is 14.7 Å². The number of benzene rings is 1. The normalized spacial score (nSPS) is 11.1. The third-order valence-corrected chi connectivity index (χ3v) is 3.66. The molecule has 0 bridgehead atoms. The van der Waals surface area contributed by atoms with E-state index < -0.39 is 17.4 Å². The molecule has 0 radical (unpaired) electrons. The summed E-state index contributed by atoms with van der Waals surface area (Å²) in [6.07, 6.45) is 0.963. The topological polar surface area (TPSA) is 78.4 Å². The Bertz CT molecular complexity index is 511. The molecule has 0 fully saturated rings. The van der Waals surface area contributed by atoms with Crippen LogP contribution in [0.5, 0.6) is 0 Å². The minimum absolute atomic E-state index is 0.0164. The fourth-order valence-electron chi connectivity index (χ4n) is 1.64. The molecule has 2 amide bonds. The van der Waals surface area contributed by atoms with Crippen molar-refractivity contribution in [3.63, 3.8) is 0 Å². The van der Waals surface area contributed by atoms with E-state index in [0.717, 1.165) is 0 Å². The Kier molecular flexibility index (Phi) is 6.45. The van der Waals surface area contributed by atoms with E-state index in [4.69, 9.17) is 23.2 Å². The predicted molar refractivity (Wildman–Crippen MR) is 83.6 cm³/mol. The molecule has 116 valence electrons. The van der Waals surface area contributed by atoms with Crippen molar-refractivity contribution in [2.75, 3.05) is 11.9 Å². The lowest BCUT2D eigenvalue weighted by molar-refractivity contribution is -0.136. The zero-order valence-corrected chi connectivity index (χ0v) is 13.4. The van der Waals surface area contributed by atoms with Crippen molar-refractivity contribution in [3.8, 4) is 0 Å². The number of rotatable bonds is 5. The maximum atomic E-state index is 11.7. The van der Waals surface area contributed by atoms with Crippen molar-refractivity contribution < 1.29 is 14.7 Å². The third-order valence-electron chi connectivity index (χ3n) is 3.22. The van der Waals surface area contributed by atoms with Crippen LogP contribution in [0.4, 0.5) is 5.69 Å². The number of carbonyl (C=O) groups is 2. The SMILES string of the molecule is CCC(O)(CC)CNC(=O)C(=O)Nc1cc(Cl)cc(Cl)c1. The monoisotopic (exact) mass is 332 g/mol. The van der Waals surface area contributed by atoms with Crippen LogP contribution in [-0.2, 0) is 9.59 Å². The Labute approximate surface area is 133 Å². The van der Waals surface area contributed by atoms with E-state index in [1.807, 2.05) is 13.8 Å². The molecule has 0 spiro atoms. The molecule has 0 unspecified atom stereocenters. The van der Waals surface area contributed by atoms with Gasteiger partial charge in [-0.05, 0) is 31.0 Å². The fraction of sp³-hybridized carbons (Fsp3) is 0.429. The second-order valence-electron chi connectivity index (χ2n) is 4.73. The molecule has 0 aromatic heterocycles. The average Bonchev–Trinajstić information content (AvgIpc) is 2.43. The summed E-state index contributed by atoms with van der Waals surface area (Å²) >= 11 is 11.6. The second-order valence-corrected chi connectivity index (χ2v) is 5.60. The summed E-state index contributed by atoms with van der Waals surface area (Å²) in [6, 6.07) is 4.47. The van der Waals surface area contributed by atoms with Crippen LogP contribution in [0, 0.1) is 0 Å². The number of hydrogen-bond acceptors (Lipinski definition) is 3. The van der Waals surface area contributed by atoms with Gasteiger partial charge in [0.25, 0.3) is 0 Å². The highest BCUT2D eigenvalue weighted by Gasteiger charge is 2.24. The van der Waals surface area contributed by atoms with Crippen molar-refractivity contribution in [3.05, 3.63) is 28.2 Å². The molecule has 0 aliphatic heterocycles. The first-order valence-electron chi connectivity index (χ1n) is 6.57. The number of halogens is 2. The van der Waals surface area contributed by atoms with Crippen molar-refractivity contribution in [1.29, 1.82) is 0 Å². The number of amides is 2. The summed E-state index contributed by atoms with van der Waals surface area (Å²) in [5, 5.41) is 15.5. The Balaban J connectivity index is 2.61. The smallest absolute Gasteiger partial charge is 0.313 e. The van der Waals surface area contributed by atoms with Gasteiger partial charge in [0, 0.05) is 22.3 Å². The van der Waals surface area contributed by atoms with Gasteiger partial charge in [-0.15, -0.1) is 0 Å². The lowest BCUT2D eigenvalue weighted by Gasteiger charge is -2.25. The van der Waals surface area contributed by atoms with E-state index in [0.29, 0.717) is 28.6 Å². The van der Waals surface area contributed by atoms with Gasteiger partial charge in [-0.2, -0.15) is 0 Å². The van der Waals surface area contributed by atoms with E-state index in [2.05, 4.69) is 10.6 Å². The van der Waals surface area contributed by atoms with Crippen molar-refractivity contribution in [2.45, 2.75) is 32.3 Å². The van der Waals surface area contributed by atoms with Crippen LogP contribution < -0.4 is 10.6 Å². The van der Waals surface area contributed by atoms with Crippen LogP contribution in [0.15, 0.2) is 18.2 Å². The molecule has 1 aromatic rings. The summed E-state index contributed by atoms with van der Waals surface area (Å²) < 4.78 is 0. The standard InChI is InChI=1S/C14H18Cl2N2O3/c1-3-14(21,4-2)8-17-12(19)13(20)18-11-6-9(15)5-10(16)7-11/h5-7,21H,3-4,8H2,1-2H3,(H,17,19)(H,18,20). The maximum absolute atomic E-state index is 11.7. The minimum Gasteiger partial charge on any atom is -0.388 e. The average molecular weight is 333 g/mol. The van der Waals surface area contributed by atoms with Gasteiger partial charge in [-0.3, -0.25) is 9.59 Å². The molecule has 1 rings (SSSR count). The summed E-state index contributed by atoms with van der Waals surface area (Å²) in [5.74, 6) is -1.67. The van der Waals surface area contributed by atoms with Crippen molar-refractivity contribution in [2.24, 2.45) is 0 Å². The van der Waals surface area contributed by atoms with Gasteiger partial charge in [-0.1, -0.05) is 37.0 Å². The molecule has 0 aliphatic rings. The molecule has 7 heteroatoms. The number of anilines is 1. The Hall–Kier alpha value is -1.30. The highest BCUT2D eigenvalue weighted by Crippen LogP contribution is 2.22. The molecule has 5 nitrogen and oxygen atoms in total. The first-order valence-corrected chi connectivity index (χ1v) is 7.33. The summed E-state index contributed by atoms with van der Waals surface area (Å²) in [5.41, 5.74) is -0.677. The molecule has 21 heavy (non-hydrogen) atoms. The van der Waals surface area contributed by atoms with Crippen LogP contribution >= 0.6 is 23.2 Å². The van der Waals surface area contributed by atoms with Crippen molar-refractivity contribution >= 4 is 40.7 Å². The zero-order chi connectivity index (χ0) is 16.0. The summed E-state index contributed by atoms with van der Waals surface area (Å²) in [4.78, 5) is 23.4. The molecule has 1 aromatic carbocycles. The van der Waals surface area contributed by atoms with Gasteiger partial charge < -0.3 is 15.7 Å². The molecule has 0 heterocycles. The van der Waals surface area contributed by atoms with Crippen LogP contribution in [-0.4, -0.2) is 29.1 Å². The highest BCUT2D eigenvalue weighted by molar-refractivity contribution is 6.40. The Morgan fingerprint density at radius 3 is 2.10 bits per heavy atom. The summed E-state index contributed by atoms with van der Waals surface area (Å²) in [6.45, 7) is 3.63. The summed E-state index contributed by atoms with van der Waals surface area (Å²) in [7, 11) is 0. The predicted octanol–water partition coefficient (Wildman–Crippen LogP) is 2.60. The quantitative estimate of drug-likeness (QED) is 0.725. The molecule has 0 atom stereocenters. The number of aliphatic hydroxyl groups is 1. The van der Waals surface area contributed by atoms with Crippen LogP contribution in [0.2, 0.25) is 10.0 Å². The number of nitrogens with one attached hydrogen (secondary N) is 2. The Morgan fingerprint density at radius 2 is 1.62 bits per heavy atom. The van der Waals surface area contributed by atoms with Gasteiger partial charge in [-0.25, -0.2) is 0 Å². The molecular weight excluding hydrogens is 315 g/mol. The van der Waals surface area contributed by atoms with Crippen LogP contribution in [0.1, 0.15) is 26.7 Å². The Morgan fingerprint density at radius 1 is 1.10 bits per heavy atom. The molecule has 0 saturated carbocycles. The zero-order valence-electron chi connectivity index (χ0n) is 11.9. The lowest BCUT2D eigenvalue weighted by Crippen LogP contribution is -2.45. The first kappa shape index (κ1) is 17.8. The fourth-order valence-corrected chi connectivity index (χ4v) is 2.16. The molecule has 0 saturated heterocycles. The van der Waals surface area contributed by atoms with Gasteiger partial charge in [0.1, 0.15) is 0 Å². The van der Waals surface area contributed by atoms with Gasteiger partial charge in [0.2, 0.25) is 0 Å². The number of carbonyl (C=O) groups excluding carboxylic acids is 2. The van der Waals surface area contributed by atoms with Gasteiger partial charge in [0.05, 0.1) is 5.60 Å². The molecule has 0 aliphatic carbocycles. The lowest BCUT2D eigenvalue weighted by atomic mass is 9.98. The van der Waals surface area contributed by atoms with E-state index in [1.54, 1.807) is 0 Å². The second kappa shape index (κ2) is 7.64. The first-order chi connectivity index (χ1) is 9.79. The minimum atomic E-state index is -1.00. The van der Waals surface area contributed by atoms with Gasteiger partial charge in [0.15, 0.2) is 0 Å². The van der Waals surface area contributed by atoms with Gasteiger partial charge >= 0.3 is 11.8 Å². The van der Waals surface area contributed by atoms with Crippen LogP contribution in [0.3, 0.4) is 0 Å². The van der Waals surface area contributed by atoms with E-state index in [1.165, 1.54) is 18.2 Å². The molecule has 3 N–H and O–H groups in total. The number of hydrogen-bond donors (Lipinski definition) is 3.